The molecule has 1 fully saturated rings. The third kappa shape index (κ3) is 4.31. The molecule has 0 radical (unpaired) electrons. The molecular formula is C22H23N5O3S2. The summed E-state index contributed by atoms with van der Waals surface area (Å²) in [6.07, 6.45) is 1.64. The molecule has 4 rings (SSSR count). The van der Waals surface area contributed by atoms with E-state index in [2.05, 4.69) is 14.9 Å². The first-order valence-corrected chi connectivity index (χ1v) is 12.8. The molecule has 0 saturated carbocycles. The summed E-state index contributed by atoms with van der Waals surface area (Å²) in [6, 6.07) is 8.76. The van der Waals surface area contributed by atoms with Gasteiger partial charge >= 0.3 is 0 Å². The van der Waals surface area contributed by atoms with Crippen molar-refractivity contribution in [1.82, 2.24) is 14.9 Å². The number of pyridine rings is 1. The van der Waals surface area contributed by atoms with Gasteiger partial charge in [-0.15, -0.1) is 11.3 Å². The number of nitriles is 1. The molecule has 0 N–H and O–H groups in total. The number of benzene rings is 1. The number of piperazine rings is 1. The largest absolute Gasteiger partial charge is 0.366 e. The molecule has 1 atom stereocenters. The second kappa shape index (κ2) is 8.84. The lowest BCUT2D eigenvalue weighted by Gasteiger charge is -2.41. The van der Waals surface area contributed by atoms with Crippen LogP contribution in [0.1, 0.15) is 24.6 Å². The summed E-state index contributed by atoms with van der Waals surface area (Å²) in [4.78, 5) is 25.4. The van der Waals surface area contributed by atoms with E-state index in [0.717, 1.165) is 11.3 Å². The SMILES string of the molecule is Cc1cc(C#N)ncc1N1CCN(C(=O)CCS(=O)(=O)c2cccc3ncsc23)[C@@H](C)C1. The molecule has 3 aromatic rings. The lowest BCUT2D eigenvalue weighted by molar-refractivity contribution is -0.133. The van der Waals surface area contributed by atoms with Crippen molar-refractivity contribution in [2.75, 3.05) is 30.3 Å². The summed E-state index contributed by atoms with van der Waals surface area (Å²) in [5.74, 6) is -0.388. The number of thiazole rings is 1. The lowest BCUT2D eigenvalue weighted by Crippen LogP contribution is -2.54. The molecule has 166 valence electrons. The first-order valence-electron chi connectivity index (χ1n) is 10.3. The molecular weight excluding hydrogens is 446 g/mol. The van der Waals surface area contributed by atoms with Crippen molar-refractivity contribution in [2.45, 2.75) is 31.2 Å². The van der Waals surface area contributed by atoms with Crippen LogP contribution >= 0.6 is 11.3 Å². The van der Waals surface area contributed by atoms with Gasteiger partial charge in [0.1, 0.15) is 11.8 Å². The number of carbonyl (C=O) groups is 1. The van der Waals surface area contributed by atoms with E-state index in [1.807, 2.05) is 19.9 Å². The van der Waals surface area contributed by atoms with Crippen LogP contribution in [0.3, 0.4) is 0 Å². The molecule has 2 aromatic heterocycles. The third-order valence-corrected chi connectivity index (χ3v) is 8.48. The molecule has 0 bridgehead atoms. The Hall–Kier alpha value is -3.03. The molecule has 1 amide bonds. The molecule has 1 aliphatic rings. The van der Waals surface area contributed by atoms with Gasteiger partial charge < -0.3 is 9.80 Å². The summed E-state index contributed by atoms with van der Waals surface area (Å²) >= 11 is 1.29. The number of rotatable bonds is 5. The first-order chi connectivity index (χ1) is 15.3. The molecule has 0 unspecified atom stereocenters. The minimum atomic E-state index is -3.60. The third-order valence-electron chi connectivity index (χ3n) is 5.73. The first kappa shape index (κ1) is 22.2. The Balaban J connectivity index is 1.41. The summed E-state index contributed by atoms with van der Waals surface area (Å²) in [7, 11) is -3.60. The van der Waals surface area contributed by atoms with Gasteiger partial charge in [0, 0.05) is 32.1 Å². The number of hydrogen-bond acceptors (Lipinski definition) is 8. The molecule has 0 spiro atoms. The highest BCUT2D eigenvalue weighted by atomic mass is 32.2. The van der Waals surface area contributed by atoms with Crippen molar-refractivity contribution in [3.63, 3.8) is 0 Å². The van der Waals surface area contributed by atoms with Crippen molar-refractivity contribution in [3.8, 4) is 6.07 Å². The van der Waals surface area contributed by atoms with Gasteiger partial charge in [-0.1, -0.05) is 6.07 Å². The molecule has 1 aromatic carbocycles. The predicted molar refractivity (Wildman–Crippen MR) is 123 cm³/mol. The highest BCUT2D eigenvalue weighted by Crippen LogP contribution is 2.28. The molecule has 10 heteroatoms. The predicted octanol–water partition coefficient (Wildman–Crippen LogP) is 2.77. The summed E-state index contributed by atoms with van der Waals surface area (Å²) in [5, 5.41) is 9.01. The van der Waals surface area contributed by atoms with Crippen molar-refractivity contribution in [1.29, 1.82) is 5.26 Å². The van der Waals surface area contributed by atoms with E-state index in [4.69, 9.17) is 5.26 Å². The normalized spacial score (nSPS) is 16.8. The molecule has 8 nitrogen and oxygen atoms in total. The van der Waals surface area contributed by atoms with Crippen LogP contribution in [0.4, 0.5) is 5.69 Å². The topological polar surface area (TPSA) is 107 Å². The Kier molecular flexibility index (Phi) is 6.13. The van der Waals surface area contributed by atoms with E-state index in [1.54, 1.807) is 40.9 Å². The number of hydrogen-bond donors (Lipinski definition) is 0. The van der Waals surface area contributed by atoms with E-state index in [9.17, 15) is 13.2 Å². The van der Waals surface area contributed by atoms with Crippen LogP contribution in [0.5, 0.6) is 0 Å². The molecule has 32 heavy (non-hydrogen) atoms. The minimum absolute atomic E-state index is 0.0562. The van der Waals surface area contributed by atoms with E-state index < -0.39 is 9.84 Å². The highest BCUT2D eigenvalue weighted by molar-refractivity contribution is 7.91. The zero-order valence-corrected chi connectivity index (χ0v) is 19.5. The Morgan fingerprint density at radius 1 is 1.31 bits per heavy atom. The van der Waals surface area contributed by atoms with Crippen LogP contribution in [-0.2, 0) is 14.6 Å². The number of nitrogens with zero attached hydrogens (tertiary/aromatic N) is 5. The van der Waals surface area contributed by atoms with Crippen LogP contribution < -0.4 is 4.90 Å². The lowest BCUT2D eigenvalue weighted by atomic mass is 10.1. The number of anilines is 1. The van der Waals surface area contributed by atoms with Crippen molar-refractivity contribution < 1.29 is 13.2 Å². The molecule has 1 saturated heterocycles. The summed E-state index contributed by atoms with van der Waals surface area (Å²) in [6.45, 7) is 5.64. The van der Waals surface area contributed by atoms with Gasteiger partial charge in [-0.2, -0.15) is 5.26 Å². The number of fused-ring (bicyclic) bond motifs is 1. The zero-order chi connectivity index (χ0) is 22.9. The fourth-order valence-electron chi connectivity index (χ4n) is 4.07. The standard InChI is InChI=1S/C22H23N5O3S2/c1-15-10-17(11-23)24-12-19(15)26-7-8-27(16(2)13-26)21(28)6-9-32(29,30)20-5-3-4-18-22(20)31-14-25-18/h3-5,10,12,14,16H,6-9,13H2,1-2H3/t16-/m0/s1. The molecule has 1 aliphatic heterocycles. The Labute approximate surface area is 191 Å². The van der Waals surface area contributed by atoms with Crippen molar-refractivity contribution in [3.05, 3.63) is 47.2 Å². The van der Waals surface area contributed by atoms with Crippen LogP contribution in [0.15, 0.2) is 40.9 Å². The Morgan fingerprint density at radius 2 is 2.12 bits per heavy atom. The van der Waals surface area contributed by atoms with Crippen LogP contribution in [0, 0.1) is 18.3 Å². The average molecular weight is 470 g/mol. The monoisotopic (exact) mass is 469 g/mol. The van der Waals surface area contributed by atoms with Crippen LogP contribution in [0.25, 0.3) is 10.2 Å². The van der Waals surface area contributed by atoms with Crippen molar-refractivity contribution in [2.24, 2.45) is 0 Å². The van der Waals surface area contributed by atoms with Crippen LogP contribution in [-0.4, -0.2) is 60.6 Å². The quantitative estimate of drug-likeness (QED) is 0.565. The molecule has 0 aliphatic carbocycles. The van der Waals surface area contributed by atoms with Gasteiger partial charge in [0.15, 0.2) is 9.84 Å². The number of amides is 1. The smallest absolute Gasteiger partial charge is 0.223 e. The maximum atomic E-state index is 12.9. The van der Waals surface area contributed by atoms with E-state index in [0.29, 0.717) is 35.5 Å². The Bertz CT molecular complexity index is 1310. The van der Waals surface area contributed by atoms with E-state index >= 15 is 0 Å². The average Bonchev–Trinajstić information content (AvgIpc) is 3.26. The fraction of sp³-hybridized carbons (Fsp3) is 0.364. The minimum Gasteiger partial charge on any atom is -0.366 e. The molecule has 3 heterocycles. The highest BCUT2D eigenvalue weighted by Gasteiger charge is 2.29. The van der Waals surface area contributed by atoms with E-state index in [1.165, 1.54) is 11.3 Å². The second-order valence-corrected chi connectivity index (χ2v) is 10.8. The fourth-order valence-corrected chi connectivity index (χ4v) is 6.63. The Morgan fingerprint density at radius 3 is 2.84 bits per heavy atom. The number of sulfone groups is 1. The van der Waals surface area contributed by atoms with Gasteiger partial charge in [0.25, 0.3) is 0 Å². The second-order valence-electron chi connectivity index (χ2n) is 7.88. The maximum absolute atomic E-state index is 12.9. The van der Waals surface area contributed by atoms with Gasteiger partial charge in [0.05, 0.1) is 38.3 Å². The zero-order valence-electron chi connectivity index (χ0n) is 17.9. The van der Waals surface area contributed by atoms with Gasteiger partial charge in [-0.05, 0) is 37.6 Å². The number of aryl methyl sites for hydroxylation is 1. The maximum Gasteiger partial charge on any atom is 0.223 e. The summed E-state index contributed by atoms with van der Waals surface area (Å²) < 4.78 is 26.5. The number of carbonyl (C=O) groups excluding carboxylic acids is 1. The van der Waals surface area contributed by atoms with Crippen LogP contribution in [0.2, 0.25) is 0 Å². The summed E-state index contributed by atoms with van der Waals surface area (Å²) in [5.41, 5.74) is 4.57. The van der Waals surface area contributed by atoms with Gasteiger partial charge in [-0.25, -0.2) is 18.4 Å². The van der Waals surface area contributed by atoms with Gasteiger partial charge in [-0.3, -0.25) is 4.79 Å². The van der Waals surface area contributed by atoms with Gasteiger partial charge in [0.2, 0.25) is 5.91 Å². The number of aromatic nitrogens is 2. The van der Waals surface area contributed by atoms with Crippen molar-refractivity contribution >= 4 is 43.0 Å². The van der Waals surface area contributed by atoms with E-state index in [-0.39, 0.29) is 29.0 Å².